The molecule has 2 aromatic rings. The Morgan fingerprint density at radius 2 is 1.56 bits per heavy atom. The zero-order valence-electron chi connectivity index (χ0n) is 15.1. The lowest BCUT2D eigenvalue weighted by Gasteiger charge is -2.26. The summed E-state index contributed by atoms with van der Waals surface area (Å²) in [6, 6.07) is 17.3. The van der Waals surface area contributed by atoms with Crippen LogP contribution in [0.15, 0.2) is 48.5 Å². The first-order valence-corrected chi connectivity index (χ1v) is 9.05. The maximum Gasteiger partial charge on any atom is 0.119 e. The Morgan fingerprint density at radius 1 is 0.920 bits per heavy atom. The molecule has 0 bridgehead atoms. The van der Waals surface area contributed by atoms with Crippen molar-refractivity contribution >= 4 is 0 Å². The van der Waals surface area contributed by atoms with Gasteiger partial charge in [-0.3, -0.25) is 0 Å². The van der Waals surface area contributed by atoms with E-state index in [-0.39, 0.29) is 6.04 Å². The summed E-state index contributed by atoms with van der Waals surface area (Å²) in [5.41, 5.74) is 2.43. The molecule has 0 amide bonds. The van der Waals surface area contributed by atoms with E-state index in [9.17, 15) is 0 Å². The van der Waals surface area contributed by atoms with Gasteiger partial charge < -0.3 is 20.1 Å². The molecule has 2 N–H and O–H groups in total. The van der Waals surface area contributed by atoms with E-state index in [0.29, 0.717) is 6.04 Å². The molecule has 0 aliphatic carbocycles. The minimum atomic E-state index is 0.119. The van der Waals surface area contributed by atoms with Crippen molar-refractivity contribution in [3.63, 3.8) is 0 Å². The van der Waals surface area contributed by atoms with Crippen molar-refractivity contribution in [1.82, 2.24) is 10.6 Å². The Hall–Kier alpha value is -2.04. The van der Waals surface area contributed by atoms with E-state index in [1.165, 1.54) is 24.0 Å². The molecule has 1 fully saturated rings. The van der Waals surface area contributed by atoms with Crippen molar-refractivity contribution in [2.24, 2.45) is 0 Å². The van der Waals surface area contributed by atoms with Crippen LogP contribution in [0.4, 0.5) is 0 Å². The number of nitrogens with one attached hydrogen (secondary N) is 2. The van der Waals surface area contributed by atoms with Crippen molar-refractivity contribution in [2.45, 2.75) is 31.3 Å². The van der Waals surface area contributed by atoms with E-state index >= 15 is 0 Å². The molecule has 4 heteroatoms. The van der Waals surface area contributed by atoms with E-state index in [2.05, 4.69) is 47.0 Å². The molecule has 3 rings (SSSR count). The molecule has 1 aliphatic heterocycles. The minimum absolute atomic E-state index is 0.119. The average Bonchev–Trinajstić information content (AvgIpc) is 2.95. The highest BCUT2D eigenvalue weighted by Gasteiger charge is 2.20. The van der Waals surface area contributed by atoms with E-state index in [1.807, 2.05) is 12.1 Å². The summed E-state index contributed by atoms with van der Waals surface area (Å²) < 4.78 is 10.9. The third-order valence-corrected chi connectivity index (χ3v) is 4.83. The second kappa shape index (κ2) is 8.88. The lowest BCUT2D eigenvalue weighted by molar-refractivity contribution is 0.406. The van der Waals surface area contributed by atoms with Crippen molar-refractivity contribution in [1.29, 1.82) is 0 Å². The van der Waals surface area contributed by atoms with Crippen LogP contribution in [0.1, 0.15) is 36.4 Å². The van der Waals surface area contributed by atoms with Gasteiger partial charge in [-0.05, 0) is 67.7 Å². The number of hydrogen-bond acceptors (Lipinski definition) is 4. The fourth-order valence-corrected chi connectivity index (χ4v) is 3.45. The Balaban J connectivity index is 1.91. The molecule has 0 spiro atoms. The fraction of sp³-hybridized carbons (Fsp3) is 0.429. The zero-order valence-corrected chi connectivity index (χ0v) is 15.1. The third kappa shape index (κ3) is 4.74. The molecule has 1 saturated heterocycles. The highest BCUT2D eigenvalue weighted by atomic mass is 16.5. The molecule has 25 heavy (non-hydrogen) atoms. The molecule has 1 atom stereocenters. The van der Waals surface area contributed by atoms with Gasteiger partial charge in [-0.25, -0.2) is 0 Å². The van der Waals surface area contributed by atoms with Crippen LogP contribution in [0.5, 0.6) is 11.5 Å². The second-order valence-electron chi connectivity index (χ2n) is 6.53. The molecule has 134 valence electrons. The number of methoxy groups -OCH3 is 2. The van der Waals surface area contributed by atoms with Gasteiger partial charge in [-0.1, -0.05) is 24.3 Å². The van der Waals surface area contributed by atoms with Crippen LogP contribution in [0, 0.1) is 0 Å². The van der Waals surface area contributed by atoms with Gasteiger partial charge in [-0.15, -0.1) is 0 Å². The summed E-state index contributed by atoms with van der Waals surface area (Å²) in [7, 11) is 3.42. The Kier molecular flexibility index (Phi) is 6.31. The molecule has 2 aromatic carbocycles. The Morgan fingerprint density at radius 3 is 2.16 bits per heavy atom. The average molecular weight is 340 g/mol. The largest absolute Gasteiger partial charge is 0.497 e. The van der Waals surface area contributed by atoms with Crippen molar-refractivity contribution in [3.05, 3.63) is 59.7 Å². The molecular formula is C21H28N2O2. The maximum absolute atomic E-state index is 5.43. The van der Waals surface area contributed by atoms with Gasteiger partial charge in [-0.2, -0.15) is 0 Å². The predicted molar refractivity (Wildman–Crippen MR) is 101 cm³/mol. The first kappa shape index (κ1) is 17.8. The van der Waals surface area contributed by atoms with Gasteiger partial charge >= 0.3 is 0 Å². The molecular weight excluding hydrogens is 312 g/mol. The molecule has 0 aromatic heterocycles. The monoisotopic (exact) mass is 340 g/mol. The van der Waals surface area contributed by atoms with Crippen molar-refractivity contribution in [2.75, 3.05) is 27.3 Å². The summed E-state index contributed by atoms with van der Waals surface area (Å²) in [5.74, 6) is 1.77. The van der Waals surface area contributed by atoms with Gasteiger partial charge in [0.05, 0.1) is 20.3 Å². The first-order valence-electron chi connectivity index (χ1n) is 9.05. The maximum atomic E-state index is 5.43. The fourth-order valence-electron chi connectivity index (χ4n) is 3.45. The van der Waals surface area contributed by atoms with Crippen LogP contribution < -0.4 is 20.1 Å². The summed E-state index contributed by atoms with van der Waals surface area (Å²) in [6.07, 6.45) is 3.54. The first-order chi connectivity index (χ1) is 12.3. The minimum Gasteiger partial charge on any atom is -0.497 e. The standard InChI is InChI=1S/C21H28N2O2/c1-24-19-9-3-6-16(14-19)21(17-7-4-10-20(15-17)25-2)23-18-8-5-12-22-13-11-18/h3-4,6-7,9-10,14-15,18,21-23H,5,8,11-13H2,1-2H3. The van der Waals surface area contributed by atoms with Crippen LogP contribution in [-0.4, -0.2) is 33.4 Å². The molecule has 0 radical (unpaired) electrons. The number of rotatable bonds is 6. The van der Waals surface area contributed by atoms with E-state index in [1.54, 1.807) is 14.2 Å². The smallest absolute Gasteiger partial charge is 0.119 e. The molecule has 1 aliphatic rings. The van der Waals surface area contributed by atoms with E-state index in [0.717, 1.165) is 31.0 Å². The zero-order chi connectivity index (χ0) is 17.5. The number of benzene rings is 2. The molecule has 4 nitrogen and oxygen atoms in total. The van der Waals surface area contributed by atoms with Crippen molar-refractivity contribution < 1.29 is 9.47 Å². The Bertz CT molecular complexity index is 619. The van der Waals surface area contributed by atoms with Gasteiger partial charge in [0.2, 0.25) is 0 Å². The topological polar surface area (TPSA) is 42.5 Å². The number of hydrogen-bond donors (Lipinski definition) is 2. The van der Waals surface area contributed by atoms with Crippen LogP contribution in [0.25, 0.3) is 0 Å². The normalized spacial score (nSPS) is 18.0. The van der Waals surface area contributed by atoms with Crippen LogP contribution in [-0.2, 0) is 0 Å². The van der Waals surface area contributed by atoms with E-state index in [4.69, 9.17) is 9.47 Å². The van der Waals surface area contributed by atoms with Crippen LogP contribution in [0.3, 0.4) is 0 Å². The highest BCUT2D eigenvalue weighted by Crippen LogP contribution is 2.29. The quantitative estimate of drug-likeness (QED) is 0.844. The van der Waals surface area contributed by atoms with Gasteiger partial charge in [0.15, 0.2) is 0 Å². The summed E-state index contributed by atoms with van der Waals surface area (Å²) in [4.78, 5) is 0. The van der Waals surface area contributed by atoms with Crippen LogP contribution in [0.2, 0.25) is 0 Å². The Labute approximate surface area is 150 Å². The molecule has 0 saturated carbocycles. The van der Waals surface area contributed by atoms with Crippen molar-refractivity contribution in [3.8, 4) is 11.5 Å². The number of ether oxygens (including phenoxy) is 2. The summed E-state index contributed by atoms with van der Waals surface area (Å²) in [6.45, 7) is 2.18. The van der Waals surface area contributed by atoms with Gasteiger partial charge in [0.25, 0.3) is 0 Å². The van der Waals surface area contributed by atoms with Gasteiger partial charge in [0.1, 0.15) is 11.5 Å². The third-order valence-electron chi connectivity index (χ3n) is 4.83. The van der Waals surface area contributed by atoms with E-state index < -0.39 is 0 Å². The predicted octanol–water partition coefficient (Wildman–Crippen LogP) is 3.52. The second-order valence-corrected chi connectivity index (χ2v) is 6.53. The summed E-state index contributed by atoms with van der Waals surface area (Å²) in [5, 5.41) is 7.37. The lowest BCUT2D eigenvalue weighted by Crippen LogP contribution is -2.34. The molecule has 1 unspecified atom stereocenters. The van der Waals surface area contributed by atoms with Gasteiger partial charge in [0, 0.05) is 6.04 Å². The molecule has 1 heterocycles. The van der Waals surface area contributed by atoms with Crippen LogP contribution >= 0.6 is 0 Å². The lowest BCUT2D eigenvalue weighted by atomic mass is 9.96. The highest BCUT2D eigenvalue weighted by molar-refractivity contribution is 5.39. The SMILES string of the molecule is COc1cccc(C(NC2CCCNCC2)c2cccc(OC)c2)c1. The summed E-state index contributed by atoms with van der Waals surface area (Å²) >= 11 is 0.